The lowest BCUT2D eigenvalue weighted by Crippen LogP contribution is -2.45. The molecule has 0 spiro atoms. The number of hydrogen-bond donors (Lipinski definition) is 2. The van der Waals surface area contributed by atoms with E-state index in [2.05, 4.69) is 29.3 Å². The molecule has 0 aliphatic carbocycles. The van der Waals surface area contributed by atoms with Crippen molar-refractivity contribution in [2.75, 3.05) is 33.3 Å². The van der Waals surface area contributed by atoms with Crippen LogP contribution < -0.4 is 10.1 Å². The summed E-state index contributed by atoms with van der Waals surface area (Å²) in [4.78, 5) is 14.5. The fourth-order valence-electron chi connectivity index (χ4n) is 3.68. The van der Waals surface area contributed by atoms with Gasteiger partial charge in [-0.2, -0.15) is 0 Å². The van der Waals surface area contributed by atoms with Crippen LogP contribution in [0.2, 0.25) is 0 Å². The maximum Gasteiger partial charge on any atom is 0.224 e. The summed E-state index contributed by atoms with van der Waals surface area (Å²) in [7, 11) is 1.62. The number of nitrogens with one attached hydrogen (secondary N) is 1. The van der Waals surface area contributed by atoms with Crippen molar-refractivity contribution in [2.24, 2.45) is 0 Å². The predicted octanol–water partition coefficient (Wildman–Crippen LogP) is 2.65. The second-order valence-electron chi connectivity index (χ2n) is 7.62. The molecule has 0 saturated carbocycles. The average Bonchev–Trinajstić information content (AvgIpc) is 2.70. The zero-order valence-corrected chi connectivity index (χ0v) is 16.8. The van der Waals surface area contributed by atoms with Crippen molar-refractivity contribution >= 4 is 5.91 Å². The van der Waals surface area contributed by atoms with Crippen molar-refractivity contribution in [3.8, 4) is 5.75 Å². The Balaban J connectivity index is 1.40. The van der Waals surface area contributed by atoms with Crippen molar-refractivity contribution in [2.45, 2.75) is 31.8 Å². The van der Waals surface area contributed by atoms with Gasteiger partial charge in [0.2, 0.25) is 5.91 Å². The summed E-state index contributed by atoms with van der Waals surface area (Å²) < 4.78 is 5.19. The first-order chi connectivity index (χ1) is 13.5. The molecule has 1 aliphatic heterocycles. The number of aliphatic hydroxyl groups is 1. The van der Waals surface area contributed by atoms with Crippen LogP contribution in [-0.2, 0) is 16.8 Å². The van der Waals surface area contributed by atoms with Crippen molar-refractivity contribution in [1.82, 2.24) is 10.2 Å². The van der Waals surface area contributed by atoms with Gasteiger partial charge in [-0.05, 0) is 43.0 Å². The number of carbonyl (C=O) groups excluding carboxylic acids is 1. The lowest BCUT2D eigenvalue weighted by atomic mass is 9.84. The second-order valence-corrected chi connectivity index (χ2v) is 7.62. The van der Waals surface area contributed by atoms with Crippen LogP contribution in [0.1, 0.15) is 29.5 Å². The predicted molar refractivity (Wildman–Crippen MR) is 110 cm³/mol. The van der Waals surface area contributed by atoms with Gasteiger partial charge in [-0.1, -0.05) is 42.0 Å². The first-order valence-corrected chi connectivity index (χ1v) is 9.90. The van der Waals surface area contributed by atoms with Crippen molar-refractivity contribution in [3.63, 3.8) is 0 Å². The van der Waals surface area contributed by atoms with Crippen LogP contribution in [0, 0.1) is 6.92 Å². The minimum atomic E-state index is -0.736. The number of aryl methyl sites for hydroxylation is 1. The van der Waals surface area contributed by atoms with E-state index in [1.54, 1.807) is 7.11 Å². The first kappa shape index (κ1) is 20.4. The number of methoxy groups -OCH3 is 1. The Bertz CT molecular complexity index is 781. The number of carbonyl (C=O) groups is 1. The third kappa shape index (κ3) is 5.33. The fraction of sp³-hybridized carbons (Fsp3) is 0.435. The van der Waals surface area contributed by atoms with E-state index in [4.69, 9.17) is 4.74 Å². The topological polar surface area (TPSA) is 61.8 Å². The Morgan fingerprint density at radius 3 is 2.57 bits per heavy atom. The molecule has 28 heavy (non-hydrogen) atoms. The largest absolute Gasteiger partial charge is 0.497 e. The van der Waals surface area contributed by atoms with Gasteiger partial charge in [0.25, 0.3) is 0 Å². The quantitative estimate of drug-likeness (QED) is 0.773. The van der Waals surface area contributed by atoms with Crippen molar-refractivity contribution < 1.29 is 14.6 Å². The van der Waals surface area contributed by atoms with Crippen molar-refractivity contribution in [3.05, 3.63) is 65.2 Å². The fourth-order valence-corrected chi connectivity index (χ4v) is 3.68. The highest BCUT2D eigenvalue weighted by atomic mass is 16.5. The van der Waals surface area contributed by atoms with E-state index in [0.717, 1.165) is 36.5 Å². The van der Waals surface area contributed by atoms with E-state index < -0.39 is 5.60 Å². The van der Waals surface area contributed by atoms with Crippen LogP contribution in [-0.4, -0.2) is 49.2 Å². The molecule has 1 fully saturated rings. The normalized spacial score (nSPS) is 16.5. The number of rotatable bonds is 7. The molecule has 5 nitrogen and oxygen atoms in total. The molecule has 2 N–H and O–H groups in total. The van der Waals surface area contributed by atoms with Gasteiger partial charge in [-0.3, -0.25) is 4.79 Å². The summed E-state index contributed by atoms with van der Waals surface area (Å²) in [6, 6.07) is 15.7. The molecule has 1 amide bonds. The Morgan fingerprint density at radius 1 is 1.18 bits per heavy atom. The third-order valence-corrected chi connectivity index (χ3v) is 5.52. The molecule has 0 atom stereocenters. The van der Waals surface area contributed by atoms with Crippen LogP contribution in [0.3, 0.4) is 0 Å². The number of benzene rings is 2. The van der Waals surface area contributed by atoms with E-state index >= 15 is 0 Å². The molecule has 5 heteroatoms. The van der Waals surface area contributed by atoms with Crippen LogP contribution in [0.4, 0.5) is 0 Å². The average molecular weight is 383 g/mol. The number of ether oxygens (including phenoxy) is 1. The summed E-state index contributed by atoms with van der Waals surface area (Å²) in [5.74, 6) is 0.779. The van der Waals surface area contributed by atoms with E-state index in [9.17, 15) is 9.90 Å². The Hall–Kier alpha value is -2.37. The van der Waals surface area contributed by atoms with Gasteiger partial charge in [0.05, 0.1) is 19.1 Å². The lowest BCUT2D eigenvalue weighted by molar-refractivity contribution is -0.120. The number of hydrogen-bond acceptors (Lipinski definition) is 4. The molecule has 0 aromatic heterocycles. The Morgan fingerprint density at radius 2 is 1.89 bits per heavy atom. The van der Waals surface area contributed by atoms with Crippen molar-refractivity contribution in [1.29, 1.82) is 0 Å². The minimum absolute atomic E-state index is 0.0152. The molecular weight excluding hydrogens is 352 g/mol. The molecule has 0 unspecified atom stereocenters. The summed E-state index contributed by atoms with van der Waals surface area (Å²) in [6.07, 6.45) is 1.78. The zero-order chi connectivity index (χ0) is 20.0. The van der Waals surface area contributed by atoms with E-state index in [1.807, 2.05) is 36.4 Å². The molecule has 150 valence electrons. The number of likely N-dealkylation sites (tertiary alicyclic amines) is 1. The summed E-state index contributed by atoms with van der Waals surface area (Å²) in [5.41, 5.74) is 2.41. The standard InChI is InChI=1S/C23H30N2O3/c1-18-6-8-20(9-7-18)23(27)10-13-25(14-11-23)15-12-24-22(26)17-19-4-3-5-21(16-19)28-2/h3-9,16,27H,10-15,17H2,1-2H3,(H,24,26). The van der Waals surface area contributed by atoms with Gasteiger partial charge >= 0.3 is 0 Å². The second kappa shape index (κ2) is 9.22. The van der Waals surface area contributed by atoms with Crippen LogP contribution in [0.25, 0.3) is 0 Å². The molecule has 0 radical (unpaired) electrons. The molecule has 2 aromatic rings. The van der Waals surface area contributed by atoms with E-state index in [-0.39, 0.29) is 5.91 Å². The molecule has 1 aliphatic rings. The highest BCUT2D eigenvalue weighted by molar-refractivity contribution is 5.78. The zero-order valence-electron chi connectivity index (χ0n) is 16.8. The van der Waals surface area contributed by atoms with Gasteiger partial charge in [0.1, 0.15) is 5.75 Å². The molecule has 2 aromatic carbocycles. The van der Waals surface area contributed by atoms with Crippen LogP contribution in [0.5, 0.6) is 5.75 Å². The van der Waals surface area contributed by atoms with Gasteiger partial charge in [-0.15, -0.1) is 0 Å². The van der Waals surface area contributed by atoms with Crippen LogP contribution in [0.15, 0.2) is 48.5 Å². The van der Waals surface area contributed by atoms with E-state index in [0.29, 0.717) is 25.8 Å². The molecule has 0 bridgehead atoms. The monoisotopic (exact) mass is 382 g/mol. The Labute approximate surface area is 167 Å². The minimum Gasteiger partial charge on any atom is -0.497 e. The molecule has 3 rings (SSSR count). The van der Waals surface area contributed by atoms with Gasteiger partial charge in [0, 0.05) is 26.2 Å². The van der Waals surface area contributed by atoms with Gasteiger partial charge < -0.3 is 20.1 Å². The lowest BCUT2D eigenvalue weighted by Gasteiger charge is -2.38. The number of nitrogens with zero attached hydrogens (tertiary/aromatic N) is 1. The summed E-state index contributed by atoms with van der Waals surface area (Å²) in [6.45, 7) is 5.13. The van der Waals surface area contributed by atoms with E-state index in [1.165, 1.54) is 5.56 Å². The first-order valence-electron chi connectivity index (χ1n) is 9.90. The Kier molecular flexibility index (Phi) is 6.70. The van der Waals surface area contributed by atoms with Crippen LogP contribution >= 0.6 is 0 Å². The van der Waals surface area contributed by atoms with Gasteiger partial charge in [-0.25, -0.2) is 0 Å². The SMILES string of the molecule is COc1cccc(CC(=O)NCCN2CCC(O)(c3ccc(C)cc3)CC2)c1. The third-order valence-electron chi connectivity index (χ3n) is 5.52. The van der Waals surface area contributed by atoms with Gasteiger partial charge in [0.15, 0.2) is 0 Å². The smallest absolute Gasteiger partial charge is 0.224 e. The molecule has 1 saturated heterocycles. The summed E-state index contributed by atoms with van der Waals surface area (Å²) in [5, 5.41) is 14.0. The maximum absolute atomic E-state index is 12.2. The highest BCUT2D eigenvalue weighted by Crippen LogP contribution is 2.32. The molecule has 1 heterocycles. The highest BCUT2D eigenvalue weighted by Gasteiger charge is 2.33. The number of amides is 1. The number of piperidine rings is 1. The maximum atomic E-state index is 12.2. The molecular formula is C23H30N2O3. The summed E-state index contributed by atoms with van der Waals surface area (Å²) >= 11 is 0.